The first-order valence-electron chi connectivity index (χ1n) is 11.3. The third-order valence-corrected chi connectivity index (χ3v) is 7.39. The van der Waals surface area contributed by atoms with E-state index >= 15 is 0 Å². The van der Waals surface area contributed by atoms with Gasteiger partial charge in [0.15, 0.2) is 0 Å². The monoisotopic (exact) mass is 448 g/mol. The number of hydrogen-bond acceptors (Lipinski definition) is 7. The van der Waals surface area contributed by atoms with Crippen molar-refractivity contribution in [2.75, 3.05) is 24.5 Å². The highest BCUT2D eigenvalue weighted by molar-refractivity contribution is 7.07. The minimum absolute atomic E-state index is 0.0486. The van der Waals surface area contributed by atoms with Crippen LogP contribution < -0.4 is 4.90 Å². The number of amides is 1. The Kier molecular flexibility index (Phi) is 5.87. The Bertz CT molecular complexity index is 1110. The van der Waals surface area contributed by atoms with E-state index in [2.05, 4.69) is 51.7 Å². The van der Waals surface area contributed by atoms with Crippen LogP contribution in [0.25, 0.3) is 0 Å². The topological polar surface area (TPSA) is 75.1 Å². The Balaban J connectivity index is 1.33. The molecule has 32 heavy (non-hydrogen) atoms. The van der Waals surface area contributed by atoms with Gasteiger partial charge in [0.05, 0.1) is 5.69 Å². The molecule has 0 radical (unpaired) electrons. The number of carbonyl (C=O) groups is 1. The van der Waals surface area contributed by atoms with Gasteiger partial charge in [0.2, 0.25) is 0 Å². The maximum absolute atomic E-state index is 12.8. The second kappa shape index (κ2) is 8.94. The standard InChI is InChI=1S/C24H28N6OS/c1-16-20-9-6-12-30(15-18-7-4-3-5-8-18)23(20)26-22(25-16)19-10-13-29(14-11-19)24(31)21-17(2)27-28-32-21/h3-5,7-8,19H,6,9-15H2,1-2H3. The van der Waals surface area contributed by atoms with E-state index in [0.717, 1.165) is 56.1 Å². The normalized spacial score (nSPS) is 16.8. The fourth-order valence-corrected chi connectivity index (χ4v) is 5.39. The second-order valence-corrected chi connectivity index (χ2v) is 9.49. The molecule has 0 unspecified atom stereocenters. The van der Waals surface area contributed by atoms with Crippen LogP contribution in [0.4, 0.5) is 5.82 Å². The SMILES string of the molecule is Cc1nnsc1C(=O)N1CCC(c2nc(C)c3c(n2)N(Cc2ccccc2)CCC3)CC1. The third kappa shape index (κ3) is 4.11. The molecule has 2 aliphatic heterocycles. The number of rotatable bonds is 4. The molecular weight excluding hydrogens is 420 g/mol. The second-order valence-electron chi connectivity index (χ2n) is 8.73. The lowest BCUT2D eigenvalue weighted by Gasteiger charge is -2.34. The molecule has 1 aromatic carbocycles. The fourth-order valence-electron chi connectivity index (χ4n) is 4.76. The van der Waals surface area contributed by atoms with Crippen molar-refractivity contribution in [3.05, 3.63) is 63.5 Å². The van der Waals surface area contributed by atoms with Crippen LogP contribution in [0, 0.1) is 13.8 Å². The van der Waals surface area contributed by atoms with E-state index < -0.39 is 0 Å². The number of hydrogen-bond donors (Lipinski definition) is 0. The number of fused-ring (bicyclic) bond motifs is 1. The van der Waals surface area contributed by atoms with Crippen molar-refractivity contribution < 1.29 is 4.79 Å². The number of aryl methyl sites for hydroxylation is 2. The molecule has 4 heterocycles. The summed E-state index contributed by atoms with van der Waals surface area (Å²) in [6.07, 6.45) is 3.94. The third-order valence-electron chi connectivity index (χ3n) is 6.57. The Morgan fingerprint density at radius 2 is 1.84 bits per heavy atom. The van der Waals surface area contributed by atoms with Crippen LogP contribution in [0.5, 0.6) is 0 Å². The molecule has 2 aromatic heterocycles. The van der Waals surface area contributed by atoms with Gasteiger partial charge in [-0.1, -0.05) is 34.8 Å². The van der Waals surface area contributed by atoms with E-state index in [1.807, 2.05) is 11.8 Å². The summed E-state index contributed by atoms with van der Waals surface area (Å²) < 4.78 is 3.91. The molecule has 0 spiro atoms. The molecule has 0 atom stereocenters. The highest BCUT2D eigenvalue weighted by Gasteiger charge is 2.30. The number of likely N-dealkylation sites (tertiary alicyclic amines) is 1. The van der Waals surface area contributed by atoms with E-state index in [1.165, 1.54) is 22.7 Å². The van der Waals surface area contributed by atoms with Gasteiger partial charge >= 0.3 is 0 Å². The van der Waals surface area contributed by atoms with Gasteiger partial charge in [0.25, 0.3) is 5.91 Å². The van der Waals surface area contributed by atoms with Gasteiger partial charge in [-0.15, -0.1) is 5.10 Å². The van der Waals surface area contributed by atoms with Gasteiger partial charge in [0.1, 0.15) is 16.5 Å². The summed E-state index contributed by atoms with van der Waals surface area (Å²) in [5, 5.41) is 3.98. The predicted molar refractivity (Wildman–Crippen MR) is 125 cm³/mol. The zero-order chi connectivity index (χ0) is 22.1. The minimum Gasteiger partial charge on any atom is -0.352 e. The van der Waals surface area contributed by atoms with Crippen LogP contribution in [-0.4, -0.2) is 50.0 Å². The van der Waals surface area contributed by atoms with E-state index in [4.69, 9.17) is 9.97 Å². The van der Waals surface area contributed by atoms with Crippen LogP contribution in [0.3, 0.4) is 0 Å². The number of aromatic nitrogens is 4. The molecule has 2 aliphatic rings. The van der Waals surface area contributed by atoms with Gasteiger partial charge in [-0.25, -0.2) is 9.97 Å². The first kappa shape index (κ1) is 21.0. The quantitative estimate of drug-likeness (QED) is 0.602. The maximum Gasteiger partial charge on any atom is 0.267 e. The highest BCUT2D eigenvalue weighted by atomic mass is 32.1. The molecule has 3 aromatic rings. The van der Waals surface area contributed by atoms with Gasteiger partial charge < -0.3 is 9.80 Å². The number of benzene rings is 1. The largest absolute Gasteiger partial charge is 0.352 e. The number of piperidine rings is 1. The summed E-state index contributed by atoms with van der Waals surface area (Å²) in [7, 11) is 0. The Morgan fingerprint density at radius 1 is 1.06 bits per heavy atom. The molecule has 1 amide bonds. The van der Waals surface area contributed by atoms with Crippen molar-refractivity contribution in [3.63, 3.8) is 0 Å². The van der Waals surface area contributed by atoms with Gasteiger partial charge in [-0.2, -0.15) is 0 Å². The molecule has 166 valence electrons. The molecule has 8 heteroatoms. The molecule has 1 saturated heterocycles. The average molecular weight is 449 g/mol. The molecular formula is C24H28N6OS. The molecule has 1 fully saturated rings. The lowest BCUT2D eigenvalue weighted by Crippen LogP contribution is -2.38. The highest BCUT2D eigenvalue weighted by Crippen LogP contribution is 2.33. The summed E-state index contributed by atoms with van der Waals surface area (Å²) in [5.41, 5.74) is 4.41. The smallest absolute Gasteiger partial charge is 0.267 e. The predicted octanol–water partition coefficient (Wildman–Crippen LogP) is 3.92. The Morgan fingerprint density at radius 3 is 2.56 bits per heavy atom. The summed E-state index contributed by atoms with van der Waals surface area (Å²) in [6.45, 7) is 7.29. The van der Waals surface area contributed by atoms with Crippen LogP contribution in [-0.2, 0) is 13.0 Å². The summed E-state index contributed by atoms with van der Waals surface area (Å²) in [6, 6.07) is 10.6. The molecule has 0 N–H and O–H groups in total. The minimum atomic E-state index is 0.0486. The Hall–Kier alpha value is -2.87. The number of carbonyl (C=O) groups excluding carboxylic acids is 1. The zero-order valence-corrected chi connectivity index (χ0v) is 19.4. The summed E-state index contributed by atoms with van der Waals surface area (Å²) in [4.78, 5) is 27.8. The Labute approximate surface area is 192 Å². The fraction of sp³-hybridized carbons (Fsp3) is 0.458. The average Bonchev–Trinajstić information content (AvgIpc) is 3.25. The summed E-state index contributed by atoms with van der Waals surface area (Å²) in [5.74, 6) is 2.37. The van der Waals surface area contributed by atoms with Crippen molar-refractivity contribution >= 4 is 23.3 Å². The number of anilines is 1. The van der Waals surface area contributed by atoms with Gasteiger partial charge in [0, 0.05) is 43.4 Å². The molecule has 0 bridgehead atoms. The van der Waals surface area contributed by atoms with Gasteiger partial charge in [-0.05, 0) is 56.6 Å². The van der Waals surface area contributed by atoms with E-state index in [9.17, 15) is 4.79 Å². The lowest BCUT2D eigenvalue weighted by atomic mass is 9.94. The van der Waals surface area contributed by atoms with E-state index in [0.29, 0.717) is 23.7 Å². The molecule has 0 saturated carbocycles. The van der Waals surface area contributed by atoms with Crippen LogP contribution >= 0.6 is 11.5 Å². The zero-order valence-electron chi connectivity index (χ0n) is 18.6. The van der Waals surface area contributed by atoms with E-state index in [-0.39, 0.29) is 11.8 Å². The molecule has 7 nitrogen and oxygen atoms in total. The van der Waals surface area contributed by atoms with Crippen molar-refractivity contribution in [1.82, 2.24) is 24.5 Å². The van der Waals surface area contributed by atoms with Crippen molar-refractivity contribution in [2.45, 2.75) is 52.0 Å². The van der Waals surface area contributed by atoms with Crippen LogP contribution in [0.2, 0.25) is 0 Å². The van der Waals surface area contributed by atoms with Gasteiger partial charge in [-0.3, -0.25) is 4.79 Å². The molecule has 5 rings (SSSR count). The molecule has 0 aliphatic carbocycles. The van der Waals surface area contributed by atoms with Crippen molar-refractivity contribution in [1.29, 1.82) is 0 Å². The first-order valence-corrected chi connectivity index (χ1v) is 12.1. The maximum atomic E-state index is 12.8. The lowest BCUT2D eigenvalue weighted by molar-refractivity contribution is 0.0715. The van der Waals surface area contributed by atoms with Crippen LogP contribution in [0.15, 0.2) is 30.3 Å². The summed E-state index contributed by atoms with van der Waals surface area (Å²) >= 11 is 1.18. The van der Waals surface area contributed by atoms with Crippen molar-refractivity contribution in [3.8, 4) is 0 Å². The van der Waals surface area contributed by atoms with Crippen LogP contribution in [0.1, 0.15) is 63.2 Å². The first-order chi connectivity index (χ1) is 15.6. The van der Waals surface area contributed by atoms with E-state index in [1.54, 1.807) is 0 Å². The van der Waals surface area contributed by atoms with Crippen molar-refractivity contribution in [2.24, 2.45) is 0 Å². The number of nitrogens with zero attached hydrogens (tertiary/aromatic N) is 6.